The molecule has 0 aromatic heterocycles. The monoisotopic (exact) mass is 663 g/mol. The highest BCUT2D eigenvalue weighted by Gasteiger charge is 2.77. The van der Waals surface area contributed by atoms with Crippen molar-refractivity contribution in [1.29, 1.82) is 0 Å². The molecule has 1 N–H and O–H groups in total. The quantitative estimate of drug-likeness (QED) is 0.266. The molecule has 8 nitrogen and oxygen atoms in total. The van der Waals surface area contributed by atoms with Crippen LogP contribution in [0.4, 0.5) is 5.69 Å². The Morgan fingerprint density at radius 3 is 2.34 bits per heavy atom. The summed E-state index contributed by atoms with van der Waals surface area (Å²) in [5.74, 6) is -2.48. The maximum absolute atomic E-state index is 14.9. The van der Waals surface area contributed by atoms with Crippen LogP contribution in [0.2, 0.25) is 0 Å². The third-order valence-corrected chi connectivity index (χ3v) is 10.3. The molecule has 0 radical (unpaired) electrons. The summed E-state index contributed by atoms with van der Waals surface area (Å²) in [7, 11) is 0. The van der Waals surface area contributed by atoms with Crippen LogP contribution in [-0.2, 0) is 25.7 Å². The zero-order valence-electron chi connectivity index (χ0n) is 25.7. The molecule has 3 unspecified atom stereocenters. The molecule has 1 spiro atoms. The summed E-state index contributed by atoms with van der Waals surface area (Å²) in [5, 5.41) is 10.5. The standard InChI is InChI=1S/C35H42BrN3O5/c1-6-17-37(20-24-15-10-9-11-16-24)32(41)27-28-33(42)39(25(8-3)21-40)31(35(28)19-26(36)30(27)44-35)34(43)38(18-7-2)29-22(4)13-12-14-23(29)5/h6-7,9-16,25-28,30-31,40H,1-2,8,17-21H2,3-5H3/t25-,26?,27+,28-,30+,31?,35?/m0/s1. The minimum absolute atomic E-state index is 0.203. The first-order valence-electron chi connectivity index (χ1n) is 15.3. The van der Waals surface area contributed by atoms with Crippen LogP contribution in [0.1, 0.15) is 36.5 Å². The zero-order chi connectivity index (χ0) is 31.8. The van der Waals surface area contributed by atoms with E-state index in [0.29, 0.717) is 25.9 Å². The van der Waals surface area contributed by atoms with Gasteiger partial charge in [0.15, 0.2) is 0 Å². The lowest BCUT2D eigenvalue weighted by atomic mass is 9.70. The molecule has 9 heteroatoms. The van der Waals surface area contributed by atoms with Gasteiger partial charge in [-0.2, -0.15) is 0 Å². The van der Waals surface area contributed by atoms with Crippen molar-refractivity contribution in [1.82, 2.24) is 9.80 Å². The zero-order valence-corrected chi connectivity index (χ0v) is 27.3. The fraction of sp³-hybridized carbons (Fsp3) is 0.457. The molecule has 44 heavy (non-hydrogen) atoms. The Morgan fingerprint density at radius 1 is 1.09 bits per heavy atom. The van der Waals surface area contributed by atoms with E-state index in [9.17, 15) is 19.5 Å². The Balaban J connectivity index is 1.61. The fourth-order valence-corrected chi connectivity index (χ4v) is 8.58. The number of aliphatic hydroxyl groups is 1. The predicted molar refractivity (Wildman–Crippen MR) is 174 cm³/mol. The Kier molecular flexibility index (Phi) is 9.49. The van der Waals surface area contributed by atoms with E-state index in [4.69, 9.17) is 4.74 Å². The van der Waals surface area contributed by atoms with Crippen molar-refractivity contribution in [3.8, 4) is 0 Å². The number of hydrogen-bond acceptors (Lipinski definition) is 5. The van der Waals surface area contributed by atoms with Gasteiger partial charge in [0.1, 0.15) is 11.6 Å². The van der Waals surface area contributed by atoms with Crippen LogP contribution in [-0.4, -0.2) is 80.9 Å². The number of benzene rings is 2. The molecule has 2 aromatic carbocycles. The lowest BCUT2D eigenvalue weighted by Gasteiger charge is -2.40. The summed E-state index contributed by atoms with van der Waals surface area (Å²) in [6.07, 6.45) is 3.60. The highest BCUT2D eigenvalue weighted by Crippen LogP contribution is 2.61. The van der Waals surface area contributed by atoms with Crippen molar-refractivity contribution < 1.29 is 24.2 Å². The van der Waals surface area contributed by atoms with Crippen LogP contribution in [0.3, 0.4) is 0 Å². The van der Waals surface area contributed by atoms with E-state index in [1.807, 2.05) is 69.3 Å². The second-order valence-corrected chi connectivity index (χ2v) is 13.3. The van der Waals surface area contributed by atoms with E-state index in [1.54, 1.807) is 22.0 Å². The van der Waals surface area contributed by atoms with Gasteiger partial charge in [-0.1, -0.05) is 83.5 Å². The topological polar surface area (TPSA) is 90.4 Å². The molecule has 5 rings (SSSR count). The van der Waals surface area contributed by atoms with E-state index in [0.717, 1.165) is 22.4 Å². The van der Waals surface area contributed by atoms with Gasteiger partial charge in [0.2, 0.25) is 11.8 Å². The number of para-hydroxylation sites is 1. The number of carbonyl (C=O) groups excluding carboxylic acids is 3. The average molecular weight is 665 g/mol. The number of anilines is 1. The number of rotatable bonds is 12. The van der Waals surface area contributed by atoms with Crippen LogP contribution >= 0.6 is 15.9 Å². The molecule has 3 aliphatic heterocycles. The van der Waals surface area contributed by atoms with E-state index in [-0.39, 0.29) is 35.7 Å². The molecule has 2 bridgehead atoms. The van der Waals surface area contributed by atoms with Crippen LogP contribution < -0.4 is 4.90 Å². The van der Waals surface area contributed by atoms with Crippen molar-refractivity contribution >= 4 is 39.3 Å². The largest absolute Gasteiger partial charge is 0.394 e. The third kappa shape index (κ3) is 5.22. The minimum Gasteiger partial charge on any atom is -0.394 e. The van der Waals surface area contributed by atoms with Gasteiger partial charge in [-0.05, 0) is 43.4 Å². The number of likely N-dealkylation sites (tertiary alicyclic amines) is 1. The number of ether oxygens (including phenoxy) is 1. The molecule has 0 saturated carbocycles. The molecule has 3 fully saturated rings. The van der Waals surface area contributed by atoms with Crippen molar-refractivity contribution in [2.45, 2.75) is 68.8 Å². The first kappa shape index (κ1) is 32.1. The summed E-state index contributed by atoms with van der Waals surface area (Å²) in [4.78, 5) is 48.6. The Hall–Kier alpha value is -3.27. The summed E-state index contributed by atoms with van der Waals surface area (Å²) in [6.45, 7) is 14.2. The van der Waals surface area contributed by atoms with Gasteiger partial charge in [-0.15, -0.1) is 13.2 Å². The lowest BCUT2D eigenvalue weighted by molar-refractivity contribution is -0.147. The lowest BCUT2D eigenvalue weighted by Crippen LogP contribution is -2.59. The molecule has 0 aliphatic carbocycles. The number of alkyl halides is 1. The van der Waals surface area contributed by atoms with E-state index in [1.165, 1.54) is 4.90 Å². The Bertz CT molecular complexity index is 1410. The van der Waals surface area contributed by atoms with Crippen LogP contribution in [0.5, 0.6) is 0 Å². The van der Waals surface area contributed by atoms with Crippen LogP contribution in [0.25, 0.3) is 0 Å². The Labute approximate surface area is 268 Å². The molecule has 2 aromatic rings. The van der Waals surface area contributed by atoms with Gasteiger partial charge >= 0.3 is 0 Å². The SMILES string of the molecule is C=CCN(Cc1ccccc1)C(=O)[C@H]1[C@@H]2OC3(CC2Br)C(C(=O)N(CC=C)c2c(C)cccc2C)N([C@@H](CC)CO)C(=O)[C@H]13. The van der Waals surface area contributed by atoms with Gasteiger partial charge in [0.25, 0.3) is 5.91 Å². The van der Waals surface area contributed by atoms with Crippen molar-refractivity contribution in [2.24, 2.45) is 11.8 Å². The number of halogens is 1. The molecule has 7 atom stereocenters. The van der Waals surface area contributed by atoms with Gasteiger partial charge in [0, 0.05) is 30.1 Å². The smallest absolute Gasteiger partial charge is 0.253 e. The number of hydrogen-bond donors (Lipinski definition) is 1. The number of aryl methyl sites for hydroxylation is 2. The summed E-state index contributed by atoms with van der Waals surface area (Å²) >= 11 is 3.78. The molecule has 3 amide bonds. The second-order valence-electron chi connectivity index (χ2n) is 12.1. The minimum atomic E-state index is -1.24. The molecule has 3 heterocycles. The average Bonchev–Trinajstić information content (AvgIpc) is 3.60. The summed E-state index contributed by atoms with van der Waals surface area (Å²) in [6, 6.07) is 13.9. The van der Waals surface area contributed by atoms with Crippen LogP contribution in [0.15, 0.2) is 73.8 Å². The first-order chi connectivity index (χ1) is 21.1. The fourth-order valence-electron chi connectivity index (χ4n) is 7.64. The molecule has 3 aliphatic rings. The number of aliphatic hydroxyl groups excluding tert-OH is 1. The number of fused-ring (bicyclic) bond motifs is 1. The van der Waals surface area contributed by atoms with Gasteiger partial charge < -0.3 is 24.5 Å². The van der Waals surface area contributed by atoms with Gasteiger partial charge in [-0.3, -0.25) is 14.4 Å². The van der Waals surface area contributed by atoms with Crippen molar-refractivity contribution in [2.75, 3.05) is 24.6 Å². The maximum Gasteiger partial charge on any atom is 0.253 e. The predicted octanol–water partition coefficient (Wildman–Crippen LogP) is 4.56. The summed E-state index contributed by atoms with van der Waals surface area (Å²) < 4.78 is 6.77. The van der Waals surface area contributed by atoms with Crippen molar-refractivity contribution in [3.05, 3.63) is 90.5 Å². The van der Waals surface area contributed by atoms with Gasteiger partial charge in [0.05, 0.1) is 30.6 Å². The molecular formula is C35H42BrN3O5. The van der Waals surface area contributed by atoms with Crippen LogP contribution in [0, 0.1) is 25.7 Å². The first-order valence-corrected chi connectivity index (χ1v) is 16.2. The molecule has 3 saturated heterocycles. The maximum atomic E-state index is 14.9. The number of carbonyl (C=O) groups is 3. The third-order valence-electron chi connectivity index (χ3n) is 9.49. The van der Waals surface area contributed by atoms with E-state index in [2.05, 4.69) is 29.1 Å². The van der Waals surface area contributed by atoms with Gasteiger partial charge in [-0.25, -0.2) is 0 Å². The highest BCUT2D eigenvalue weighted by atomic mass is 79.9. The molecular weight excluding hydrogens is 622 g/mol. The molecule has 234 valence electrons. The van der Waals surface area contributed by atoms with E-state index < -0.39 is 35.6 Å². The normalized spacial score (nSPS) is 27.6. The highest BCUT2D eigenvalue weighted by molar-refractivity contribution is 9.09. The Morgan fingerprint density at radius 2 is 1.75 bits per heavy atom. The summed E-state index contributed by atoms with van der Waals surface area (Å²) in [5.41, 5.74) is 2.33. The van der Waals surface area contributed by atoms with E-state index >= 15 is 0 Å². The number of nitrogens with zero attached hydrogens (tertiary/aromatic N) is 3. The number of amides is 3. The van der Waals surface area contributed by atoms with Crippen molar-refractivity contribution in [3.63, 3.8) is 0 Å². The second kappa shape index (κ2) is 13.0.